The van der Waals surface area contributed by atoms with Gasteiger partial charge in [-0.05, 0) is 49.9 Å². The number of benzene rings is 1. The smallest absolute Gasteiger partial charge is 0.0576 e. The first-order chi connectivity index (χ1) is 9.09. The van der Waals surface area contributed by atoms with E-state index in [1.165, 1.54) is 30.4 Å². The summed E-state index contributed by atoms with van der Waals surface area (Å²) < 4.78 is 12.8. The molecule has 1 aliphatic rings. The van der Waals surface area contributed by atoms with E-state index in [2.05, 4.69) is 26.0 Å². The second-order valence-electron chi connectivity index (χ2n) is 5.74. The molecule has 2 N–H and O–H groups in total. The van der Waals surface area contributed by atoms with Crippen LogP contribution in [0.5, 0.6) is 0 Å². The third-order valence-corrected chi connectivity index (χ3v) is 6.09. The van der Waals surface area contributed by atoms with Crippen molar-refractivity contribution in [1.29, 1.82) is 0 Å². The van der Waals surface area contributed by atoms with Gasteiger partial charge in [0.25, 0.3) is 0 Å². The van der Waals surface area contributed by atoms with Crippen molar-refractivity contribution < 1.29 is 4.21 Å². The highest BCUT2D eigenvalue weighted by Gasteiger charge is 2.26. The zero-order valence-corrected chi connectivity index (χ0v) is 12.8. The van der Waals surface area contributed by atoms with Crippen LogP contribution in [0.3, 0.4) is 0 Å². The third-order valence-electron chi connectivity index (χ3n) is 4.24. The van der Waals surface area contributed by atoms with Crippen LogP contribution in [0.4, 0.5) is 0 Å². The summed E-state index contributed by atoms with van der Waals surface area (Å²) >= 11 is 0. The van der Waals surface area contributed by atoms with Gasteiger partial charge in [-0.1, -0.05) is 31.7 Å². The van der Waals surface area contributed by atoms with E-state index in [-0.39, 0.29) is 11.3 Å². The van der Waals surface area contributed by atoms with Crippen molar-refractivity contribution in [2.75, 3.05) is 0 Å². The second kappa shape index (κ2) is 6.67. The molecule has 0 saturated heterocycles. The lowest BCUT2D eigenvalue weighted by atomic mass is 9.97. The van der Waals surface area contributed by atoms with Gasteiger partial charge in [0.05, 0.1) is 16.0 Å². The highest BCUT2D eigenvalue weighted by atomic mass is 32.2. The summed E-state index contributed by atoms with van der Waals surface area (Å²) in [4.78, 5) is 0.948. The molecule has 3 unspecified atom stereocenters. The Morgan fingerprint density at radius 1 is 1.05 bits per heavy atom. The molecule has 0 spiro atoms. The number of rotatable bonds is 2. The molecule has 1 aromatic rings. The van der Waals surface area contributed by atoms with Crippen LogP contribution in [0.25, 0.3) is 0 Å². The third kappa shape index (κ3) is 3.67. The molecule has 0 aliphatic heterocycles. The van der Waals surface area contributed by atoms with E-state index < -0.39 is 10.8 Å². The van der Waals surface area contributed by atoms with Crippen LogP contribution >= 0.6 is 0 Å². The first-order valence-corrected chi connectivity index (χ1v) is 8.54. The van der Waals surface area contributed by atoms with Gasteiger partial charge in [0, 0.05) is 10.9 Å². The molecule has 2 nitrogen and oxygen atoms in total. The largest absolute Gasteiger partial charge is 0.327 e. The quantitative estimate of drug-likeness (QED) is 0.901. The van der Waals surface area contributed by atoms with Gasteiger partial charge in [0.15, 0.2) is 0 Å². The van der Waals surface area contributed by atoms with Crippen molar-refractivity contribution in [1.82, 2.24) is 0 Å². The molecule has 106 valence electrons. The van der Waals surface area contributed by atoms with E-state index >= 15 is 0 Å². The summed E-state index contributed by atoms with van der Waals surface area (Å²) in [5, 5.41) is 0.127. The van der Waals surface area contributed by atoms with Crippen LogP contribution in [-0.4, -0.2) is 15.5 Å². The van der Waals surface area contributed by atoms with Gasteiger partial charge in [-0.15, -0.1) is 0 Å². The minimum atomic E-state index is -0.962. The number of hydrogen-bond donors (Lipinski definition) is 1. The average molecular weight is 279 g/mol. The van der Waals surface area contributed by atoms with Crippen molar-refractivity contribution >= 4 is 10.8 Å². The van der Waals surface area contributed by atoms with Gasteiger partial charge in [0.1, 0.15) is 0 Å². The van der Waals surface area contributed by atoms with Crippen molar-refractivity contribution in [2.45, 2.75) is 68.6 Å². The second-order valence-corrected chi connectivity index (χ2v) is 7.41. The van der Waals surface area contributed by atoms with E-state index in [4.69, 9.17) is 5.73 Å². The molecule has 0 aromatic heterocycles. The Labute approximate surface area is 119 Å². The van der Waals surface area contributed by atoms with Crippen LogP contribution in [0, 0.1) is 13.8 Å². The maximum atomic E-state index is 12.8. The lowest BCUT2D eigenvalue weighted by molar-refractivity contribution is 0.456. The SMILES string of the molecule is Cc1ccc(S(=O)C2CCCCCCC2N)cc1C. The molecule has 0 bridgehead atoms. The zero-order chi connectivity index (χ0) is 13.8. The fraction of sp³-hybridized carbons (Fsp3) is 0.625. The Bertz CT molecular complexity index is 458. The summed E-state index contributed by atoms with van der Waals surface area (Å²) in [7, 11) is -0.962. The van der Waals surface area contributed by atoms with Crippen LogP contribution in [0.2, 0.25) is 0 Å². The summed E-state index contributed by atoms with van der Waals surface area (Å²) in [5.41, 5.74) is 8.73. The van der Waals surface area contributed by atoms with E-state index in [0.717, 1.165) is 24.2 Å². The normalized spacial score (nSPS) is 26.5. The first-order valence-electron chi connectivity index (χ1n) is 7.33. The molecule has 0 amide bonds. The molecule has 19 heavy (non-hydrogen) atoms. The summed E-state index contributed by atoms with van der Waals surface area (Å²) in [5.74, 6) is 0. The first kappa shape index (κ1) is 14.7. The van der Waals surface area contributed by atoms with Gasteiger partial charge in [-0.2, -0.15) is 0 Å². The van der Waals surface area contributed by atoms with Gasteiger partial charge in [-0.3, -0.25) is 4.21 Å². The molecule has 1 fully saturated rings. The molecular weight excluding hydrogens is 254 g/mol. The fourth-order valence-electron chi connectivity index (χ4n) is 2.76. The number of aryl methyl sites for hydroxylation is 2. The molecular formula is C16H25NOS. The zero-order valence-electron chi connectivity index (χ0n) is 12.0. The van der Waals surface area contributed by atoms with Gasteiger partial charge in [-0.25, -0.2) is 0 Å². The topological polar surface area (TPSA) is 43.1 Å². The molecule has 1 aliphatic carbocycles. The van der Waals surface area contributed by atoms with Crippen LogP contribution in [0.1, 0.15) is 49.7 Å². The molecule has 2 rings (SSSR count). The molecule has 1 aromatic carbocycles. The Morgan fingerprint density at radius 2 is 1.74 bits per heavy atom. The monoisotopic (exact) mass is 279 g/mol. The van der Waals surface area contributed by atoms with Crippen LogP contribution in [-0.2, 0) is 10.8 Å². The van der Waals surface area contributed by atoms with E-state index in [9.17, 15) is 4.21 Å². The predicted molar refractivity (Wildman–Crippen MR) is 81.8 cm³/mol. The lowest BCUT2D eigenvalue weighted by Crippen LogP contribution is -2.38. The van der Waals surface area contributed by atoms with Gasteiger partial charge >= 0.3 is 0 Å². The highest BCUT2D eigenvalue weighted by molar-refractivity contribution is 7.85. The molecule has 0 heterocycles. The standard InChI is InChI=1S/C16H25NOS/c1-12-9-10-14(11-13(12)2)19(18)16-8-6-4-3-5-7-15(16)17/h9-11,15-16H,3-8,17H2,1-2H3. The highest BCUT2D eigenvalue weighted by Crippen LogP contribution is 2.25. The fourth-order valence-corrected chi connectivity index (χ4v) is 4.44. The van der Waals surface area contributed by atoms with Crippen molar-refractivity contribution in [3.63, 3.8) is 0 Å². The maximum Gasteiger partial charge on any atom is 0.0576 e. The van der Waals surface area contributed by atoms with Crippen molar-refractivity contribution in [3.8, 4) is 0 Å². The summed E-state index contributed by atoms with van der Waals surface area (Å²) in [6.07, 6.45) is 6.89. The minimum Gasteiger partial charge on any atom is -0.327 e. The molecule has 3 heteroatoms. The van der Waals surface area contributed by atoms with Crippen molar-refractivity contribution in [2.24, 2.45) is 5.73 Å². The Balaban J connectivity index is 2.18. The van der Waals surface area contributed by atoms with E-state index in [0.29, 0.717) is 0 Å². The lowest BCUT2D eigenvalue weighted by Gasteiger charge is -2.25. The van der Waals surface area contributed by atoms with E-state index in [1.54, 1.807) is 0 Å². The molecule has 1 saturated carbocycles. The molecule has 0 radical (unpaired) electrons. The Kier molecular flexibility index (Phi) is 5.17. The van der Waals surface area contributed by atoms with Gasteiger partial charge < -0.3 is 5.73 Å². The number of nitrogens with two attached hydrogens (primary N) is 1. The molecule has 3 atom stereocenters. The summed E-state index contributed by atoms with van der Waals surface area (Å²) in [6.45, 7) is 4.16. The van der Waals surface area contributed by atoms with Crippen LogP contribution < -0.4 is 5.73 Å². The Morgan fingerprint density at radius 3 is 2.42 bits per heavy atom. The van der Waals surface area contributed by atoms with E-state index in [1.807, 2.05) is 6.07 Å². The Hall–Kier alpha value is -0.670. The minimum absolute atomic E-state index is 0.0859. The average Bonchev–Trinajstić information content (AvgIpc) is 2.37. The van der Waals surface area contributed by atoms with Gasteiger partial charge in [0.2, 0.25) is 0 Å². The van der Waals surface area contributed by atoms with Crippen molar-refractivity contribution in [3.05, 3.63) is 29.3 Å². The number of hydrogen-bond acceptors (Lipinski definition) is 2. The maximum absolute atomic E-state index is 12.8. The predicted octanol–water partition coefficient (Wildman–Crippen LogP) is 3.46. The van der Waals surface area contributed by atoms with Crippen LogP contribution in [0.15, 0.2) is 23.1 Å². The summed E-state index contributed by atoms with van der Waals surface area (Å²) in [6, 6.07) is 6.22.